The summed E-state index contributed by atoms with van der Waals surface area (Å²) >= 11 is 0. The molecule has 0 amide bonds. The summed E-state index contributed by atoms with van der Waals surface area (Å²) in [6.45, 7) is 0. The van der Waals surface area contributed by atoms with E-state index >= 15 is 0 Å². The van der Waals surface area contributed by atoms with Crippen LogP contribution in [0.15, 0.2) is 0 Å². The molecule has 4 N–H and O–H groups in total. The van der Waals surface area contributed by atoms with Crippen LogP contribution in [0.5, 0.6) is 0 Å². The van der Waals surface area contributed by atoms with E-state index in [0.29, 0.717) is 0 Å². The van der Waals surface area contributed by atoms with Crippen molar-refractivity contribution in [2.75, 3.05) is 0 Å². The zero-order chi connectivity index (χ0) is 14.0. The summed E-state index contributed by atoms with van der Waals surface area (Å²) < 4.78 is 102. The van der Waals surface area contributed by atoms with Gasteiger partial charge in [0.2, 0.25) is 0 Å². The molecule has 7 nitrogen and oxygen atoms in total. The van der Waals surface area contributed by atoms with E-state index in [1.165, 1.54) is 0 Å². The van der Waals surface area contributed by atoms with Crippen molar-refractivity contribution in [3.8, 4) is 0 Å². The number of primary sulfonamides is 2. The van der Waals surface area contributed by atoms with Crippen molar-refractivity contribution in [1.82, 2.24) is 6.15 Å². The number of hydrogen-bond donors (Lipinski definition) is 2. The molecule has 0 spiro atoms. The largest absolute Gasteiger partial charge is 0.511 e. The van der Waals surface area contributed by atoms with Crippen molar-refractivity contribution < 1.29 is 43.2 Å². The van der Waals surface area contributed by atoms with Crippen LogP contribution in [0.3, 0.4) is 0 Å². The molecule has 16 heteroatoms. The Bertz CT molecular complexity index is 383. The van der Waals surface area contributed by atoms with Crippen LogP contribution in [0, 0.1) is 0 Å². The first-order chi connectivity index (χ1) is 6.50. The van der Waals surface area contributed by atoms with Gasteiger partial charge in [0.05, 0.1) is 0 Å². The fraction of sp³-hybridized carbons (Fsp3) is 1.00. The summed E-state index contributed by atoms with van der Waals surface area (Å²) in [5.41, 5.74) is -10.6. The third-order valence-corrected chi connectivity index (χ3v) is 1.94. The van der Waals surface area contributed by atoms with Gasteiger partial charge in [0, 0.05) is 25.0 Å². The quantitative estimate of drug-likeness (QED) is 0.422. The number of hydrogen-bond acceptors (Lipinski definition) is 4. The standard InChI is InChI=1S/2CH2F3NO2S.Li.N/c2*2-1(3,4)8(5,6)7;;/h2*(H2,5,6,7);;. The van der Waals surface area contributed by atoms with E-state index in [0.717, 1.165) is 0 Å². The Hall–Kier alpha value is -0.0426. The normalized spacial score (nSPS) is 12.4. The van der Waals surface area contributed by atoms with Gasteiger partial charge in [-0.3, -0.25) is 0 Å². The predicted octanol–water partition coefficient (Wildman–Crippen LogP) is -1.27. The molecule has 4 radical (unpaired) electrons. The summed E-state index contributed by atoms with van der Waals surface area (Å²) in [7, 11) is -10.7. The van der Waals surface area contributed by atoms with Gasteiger partial charge in [-0.1, -0.05) is 0 Å². The Labute approximate surface area is 110 Å². The van der Waals surface area contributed by atoms with Crippen LogP contribution < -0.4 is 16.4 Å². The molecule has 0 bridgehead atoms. The molecule has 0 atom stereocenters. The van der Waals surface area contributed by atoms with Crippen molar-refractivity contribution in [1.29, 1.82) is 0 Å². The smallest absolute Gasteiger partial charge is 0.221 e. The third-order valence-electron chi connectivity index (χ3n) is 0.645. The topological polar surface area (TPSA) is 151 Å². The van der Waals surface area contributed by atoms with Gasteiger partial charge in [0.1, 0.15) is 0 Å². The van der Waals surface area contributed by atoms with Gasteiger partial charge < -0.3 is 0 Å². The van der Waals surface area contributed by atoms with Gasteiger partial charge in [-0.15, -0.1) is 0 Å². The van der Waals surface area contributed by atoms with E-state index in [1.54, 1.807) is 0 Å². The Morgan fingerprint density at radius 2 is 0.722 bits per heavy atom. The predicted molar refractivity (Wildman–Crippen MR) is 46.2 cm³/mol. The van der Waals surface area contributed by atoms with Gasteiger partial charge in [0.15, 0.2) is 0 Å². The fourth-order valence-corrected chi connectivity index (χ4v) is 0. The van der Waals surface area contributed by atoms with Crippen molar-refractivity contribution in [2.45, 2.75) is 11.0 Å². The molecule has 0 fully saturated rings. The first-order valence-electron chi connectivity index (χ1n) is 2.68. The first kappa shape index (κ1) is 26.5. The van der Waals surface area contributed by atoms with E-state index in [1.807, 2.05) is 0 Å². The second kappa shape index (κ2) is 7.52. The summed E-state index contributed by atoms with van der Waals surface area (Å²) in [5.74, 6) is 0. The molecule has 0 aromatic rings. The zero-order valence-corrected chi connectivity index (χ0v) is 9.95. The van der Waals surface area contributed by atoms with Crippen molar-refractivity contribution in [2.24, 2.45) is 10.3 Å². The summed E-state index contributed by atoms with van der Waals surface area (Å²) in [4.78, 5) is 0. The van der Waals surface area contributed by atoms with Crippen LogP contribution >= 0.6 is 0 Å². The van der Waals surface area contributed by atoms with Crippen LogP contribution in [0.4, 0.5) is 26.3 Å². The molecule has 0 unspecified atom stereocenters. The number of alkyl halides is 6. The van der Waals surface area contributed by atoms with Gasteiger partial charge in [0.25, 0.3) is 0 Å². The van der Waals surface area contributed by atoms with Gasteiger partial charge in [-0.05, 0) is 0 Å². The van der Waals surface area contributed by atoms with Crippen LogP contribution in [0.25, 0.3) is 0 Å². The maximum absolute atomic E-state index is 10.8. The maximum atomic E-state index is 10.8. The number of nitrogens with zero attached hydrogens (tertiary/aromatic N) is 1. The molecule has 0 aliphatic rings. The molecule has 18 heavy (non-hydrogen) atoms. The molecule has 106 valence electrons. The summed E-state index contributed by atoms with van der Waals surface area (Å²) in [6.07, 6.45) is 0. The van der Waals surface area contributed by atoms with Crippen molar-refractivity contribution in [3.05, 3.63) is 0 Å². The Morgan fingerprint density at radius 3 is 0.722 bits per heavy atom. The minimum Gasteiger partial charge on any atom is -0.221 e. The monoisotopic (exact) mass is 319 g/mol. The number of nitrogens with two attached hydrogens (primary N) is 2. The summed E-state index contributed by atoms with van der Waals surface area (Å²) in [6, 6.07) is 0. The van der Waals surface area contributed by atoms with Gasteiger partial charge in [-0.25, -0.2) is 27.1 Å². The molecule has 0 aliphatic carbocycles. The molecule has 0 heterocycles. The molecular formula is C2H4F6LiN3O4S2. The Kier molecular flexibility index (Phi) is 11.1. The maximum Gasteiger partial charge on any atom is 0.511 e. The van der Waals surface area contributed by atoms with Crippen LogP contribution in [-0.2, 0) is 20.0 Å². The van der Waals surface area contributed by atoms with E-state index in [-0.39, 0.29) is 25.0 Å². The molecule has 0 aromatic heterocycles. The molecule has 0 aliphatic heterocycles. The molecule has 0 saturated heterocycles. The molecular weight excluding hydrogens is 315 g/mol. The van der Waals surface area contributed by atoms with Crippen LogP contribution in [0.2, 0.25) is 0 Å². The fourth-order valence-electron chi connectivity index (χ4n) is 0. The van der Waals surface area contributed by atoms with Crippen molar-refractivity contribution in [3.63, 3.8) is 0 Å². The Morgan fingerprint density at radius 1 is 0.667 bits per heavy atom. The van der Waals surface area contributed by atoms with E-state index in [9.17, 15) is 43.2 Å². The van der Waals surface area contributed by atoms with E-state index < -0.39 is 31.1 Å². The van der Waals surface area contributed by atoms with Gasteiger partial charge >= 0.3 is 31.1 Å². The van der Waals surface area contributed by atoms with Crippen LogP contribution in [0.1, 0.15) is 0 Å². The average molecular weight is 319 g/mol. The molecule has 0 rings (SSSR count). The third kappa shape index (κ3) is 11.1. The zero-order valence-electron chi connectivity index (χ0n) is 8.32. The second-order valence-corrected chi connectivity index (χ2v) is 5.09. The molecule has 0 aromatic carbocycles. The minimum atomic E-state index is -5.34. The van der Waals surface area contributed by atoms with E-state index in [4.69, 9.17) is 0 Å². The van der Waals surface area contributed by atoms with Gasteiger partial charge in [-0.2, -0.15) is 26.3 Å². The second-order valence-electron chi connectivity index (χ2n) is 1.98. The number of rotatable bonds is 0. The van der Waals surface area contributed by atoms with Crippen LogP contribution in [-0.4, -0.2) is 46.7 Å². The SMILES string of the molecule is NS(=O)(=O)C(F)(F)F.NS(=O)(=O)C(F)(F)F.[Li].[N]. The number of halogens is 6. The average Bonchev–Trinajstić information content (AvgIpc) is 1.77. The van der Waals surface area contributed by atoms with E-state index in [2.05, 4.69) is 10.3 Å². The number of sulfonamides is 2. The first-order valence-corrected chi connectivity index (χ1v) is 5.77. The minimum absolute atomic E-state index is 0. The Balaban J connectivity index is -0.0000000980. The van der Waals surface area contributed by atoms with Crippen molar-refractivity contribution >= 4 is 38.9 Å². The summed E-state index contributed by atoms with van der Waals surface area (Å²) in [5, 5.41) is 7.32. The molecule has 0 saturated carbocycles.